The summed E-state index contributed by atoms with van der Waals surface area (Å²) in [6, 6.07) is 12.5. The predicted molar refractivity (Wildman–Crippen MR) is 159 cm³/mol. The zero-order chi connectivity index (χ0) is 27.6. The highest BCUT2D eigenvalue weighted by atomic mass is 32.1. The van der Waals surface area contributed by atoms with Crippen LogP contribution in [0, 0.1) is 13.8 Å². The first-order valence-corrected chi connectivity index (χ1v) is 15.4. The number of benzene rings is 2. The average molecular weight is 573 g/mol. The lowest BCUT2D eigenvalue weighted by atomic mass is 9.91. The zero-order valence-corrected chi connectivity index (χ0v) is 24.3. The Morgan fingerprint density at radius 2 is 1.62 bits per heavy atom. The van der Waals surface area contributed by atoms with Crippen LogP contribution in [-0.4, -0.2) is 40.0 Å². The van der Waals surface area contributed by atoms with Gasteiger partial charge in [0.1, 0.15) is 5.01 Å². The van der Waals surface area contributed by atoms with E-state index in [1.165, 1.54) is 22.7 Å². The first-order chi connectivity index (χ1) is 19.5. The SMILES string of the molecule is Cc1c(CC(=O)c2ncc([C@@H]3CCCN3)s2)cccc1-c1cccc(NC(=O)c2nnc([C@@H]3CCCN3)s2)c1C. The van der Waals surface area contributed by atoms with Gasteiger partial charge in [0.2, 0.25) is 5.01 Å². The van der Waals surface area contributed by atoms with E-state index in [1.807, 2.05) is 37.4 Å². The Balaban J connectivity index is 1.19. The second-order valence-corrected chi connectivity index (χ2v) is 12.5. The van der Waals surface area contributed by atoms with Gasteiger partial charge in [-0.15, -0.1) is 21.5 Å². The molecule has 6 rings (SSSR count). The monoisotopic (exact) mass is 572 g/mol. The molecule has 3 N–H and O–H groups in total. The van der Waals surface area contributed by atoms with Crippen LogP contribution < -0.4 is 16.0 Å². The van der Waals surface area contributed by atoms with E-state index in [2.05, 4.69) is 50.2 Å². The highest BCUT2D eigenvalue weighted by Crippen LogP contribution is 2.34. The summed E-state index contributed by atoms with van der Waals surface area (Å²) >= 11 is 2.85. The van der Waals surface area contributed by atoms with Crippen molar-refractivity contribution in [2.45, 2.75) is 58.0 Å². The van der Waals surface area contributed by atoms with E-state index in [-0.39, 0.29) is 17.7 Å². The number of carbonyl (C=O) groups excluding carboxylic acids is 2. The molecular weight excluding hydrogens is 541 g/mol. The van der Waals surface area contributed by atoms with Gasteiger partial charge in [-0.3, -0.25) is 9.59 Å². The maximum Gasteiger partial charge on any atom is 0.286 e. The molecule has 2 aliphatic rings. The summed E-state index contributed by atoms with van der Waals surface area (Å²) in [5.41, 5.74) is 5.78. The van der Waals surface area contributed by atoms with Crippen LogP contribution >= 0.6 is 22.7 Å². The molecule has 0 spiro atoms. The molecule has 2 saturated heterocycles. The quantitative estimate of drug-likeness (QED) is 0.229. The maximum atomic E-state index is 13.2. The van der Waals surface area contributed by atoms with Crippen molar-refractivity contribution in [2.24, 2.45) is 0 Å². The highest BCUT2D eigenvalue weighted by molar-refractivity contribution is 7.13. The first-order valence-electron chi connectivity index (χ1n) is 13.8. The van der Waals surface area contributed by atoms with Crippen LogP contribution in [-0.2, 0) is 6.42 Å². The van der Waals surface area contributed by atoms with E-state index in [0.717, 1.165) is 82.2 Å². The Bertz CT molecular complexity index is 1430. The number of ketones is 1. The molecule has 1 amide bonds. The van der Waals surface area contributed by atoms with Crippen LogP contribution in [0.3, 0.4) is 0 Å². The number of anilines is 1. The topological polar surface area (TPSA) is 109 Å². The molecule has 2 aliphatic heterocycles. The Kier molecular flexibility index (Phi) is 7.84. The molecule has 40 heavy (non-hydrogen) atoms. The smallest absolute Gasteiger partial charge is 0.286 e. The van der Waals surface area contributed by atoms with Crippen molar-refractivity contribution in [1.29, 1.82) is 0 Å². The Labute approximate surface area is 241 Å². The molecule has 0 bridgehead atoms. The predicted octanol–water partition coefficient (Wildman–Crippen LogP) is 5.81. The number of Topliss-reactive ketones (excluding diaryl/α,β-unsaturated/α-hetero) is 1. The van der Waals surface area contributed by atoms with Gasteiger partial charge in [-0.1, -0.05) is 41.7 Å². The number of nitrogens with one attached hydrogen (secondary N) is 3. The largest absolute Gasteiger partial charge is 0.320 e. The van der Waals surface area contributed by atoms with E-state index >= 15 is 0 Å². The molecule has 8 nitrogen and oxygen atoms in total. The Morgan fingerprint density at radius 3 is 2.38 bits per heavy atom. The van der Waals surface area contributed by atoms with Gasteiger partial charge in [0, 0.05) is 29.2 Å². The third kappa shape index (κ3) is 5.49. The normalized spacial score (nSPS) is 18.8. The molecule has 0 unspecified atom stereocenters. The van der Waals surface area contributed by atoms with E-state index in [1.54, 1.807) is 0 Å². The molecular formula is C30H32N6O2S2. The molecule has 2 aromatic carbocycles. The van der Waals surface area contributed by atoms with Gasteiger partial charge in [0.25, 0.3) is 5.91 Å². The van der Waals surface area contributed by atoms with Gasteiger partial charge < -0.3 is 16.0 Å². The molecule has 2 atom stereocenters. The van der Waals surface area contributed by atoms with Crippen molar-refractivity contribution >= 4 is 40.1 Å². The van der Waals surface area contributed by atoms with Crippen LogP contribution in [0.5, 0.6) is 0 Å². The van der Waals surface area contributed by atoms with Crippen LogP contribution in [0.2, 0.25) is 0 Å². The average Bonchev–Trinajstić information content (AvgIpc) is 3.77. The molecule has 0 saturated carbocycles. The minimum Gasteiger partial charge on any atom is -0.320 e. The van der Waals surface area contributed by atoms with Crippen molar-refractivity contribution in [1.82, 2.24) is 25.8 Å². The summed E-state index contributed by atoms with van der Waals surface area (Å²) in [6.45, 7) is 6.04. The molecule has 4 heterocycles. The summed E-state index contributed by atoms with van der Waals surface area (Å²) in [4.78, 5) is 31.8. The van der Waals surface area contributed by atoms with Crippen molar-refractivity contribution in [3.63, 3.8) is 0 Å². The summed E-state index contributed by atoms with van der Waals surface area (Å²) in [6.07, 6.45) is 6.52. The van der Waals surface area contributed by atoms with E-state index in [9.17, 15) is 9.59 Å². The van der Waals surface area contributed by atoms with Crippen LogP contribution in [0.1, 0.15) is 83.9 Å². The Hall–Kier alpha value is -3.31. The second kappa shape index (κ2) is 11.7. The highest BCUT2D eigenvalue weighted by Gasteiger charge is 2.24. The van der Waals surface area contributed by atoms with Gasteiger partial charge in [0.05, 0.1) is 6.04 Å². The van der Waals surface area contributed by atoms with Gasteiger partial charge >= 0.3 is 0 Å². The molecule has 10 heteroatoms. The lowest BCUT2D eigenvalue weighted by Gasteiger charge is -2.16. The summed E-state index contributed by atoms with van der Waals surface area (Å²) in [5, 5.41) is 20.1. The third-order valence-electron chi connectivity index (χ3n) is 7.83. The van der Waals surface area contributed by atoms with Crippen LogP contribution in [0.25, 0.3) is 11.1 Å². The molecule has 4 aromatic rings. The van der Waals surface area contributed by atoms with E-state index in [0.29, 0.717) is 22.5 Å². The van der Waals surface area contributed by atoms with Crippen LogP contribution in [0.15, 0.2) is 42.6 Å². The van der Waals surface area contributed by atoms with Crippen molar-refractivity contribution < 1.29 is 9.59 Å². The molecule has 0 aliphatic carbocycles. The fourth-order valence-electron chi connectivity index (χ4n) is 5.52. The number of aromatic nitrogens is 3. The van der Waals surface area contributed by atoms with Crippen molar-refractivity contribution in [3.05, 3.63) is 79.2 Å². The number of thiazole rings is 1. The fraction of sp³-hybridized carbons (Fsp3) is 0.367. The number of amides is 1. The maximum absolute atomic E-state index is 13.2. The number of hydrogen-bond donors (Lipinski definition) is 3. The third-order valence-corrected chi connectivity index (χ3v) is 10.0. The number of rotatable bonds is 8. The van der Waals surface area contributed by atoms with Gasteiger partial charge in [-0.2, -0.15) is 0 Å². The lowest BCUT2D eigenvalue weighted by Crippen LogP contribution is -2.13. The minimum absolute atomic E-state index is 0.0384. The summed E-state index contributed by atoms with van der Waals surface area (Å²) in [7, 11) is 0. The number of carbonyl (C=O) groups is 2. The number of nitrogens with zero attached hydrogens (tertiary/aromatic N) is 3. The molecule has 0 radical (unpaired) electrons. The molecule has 2 fully saturated rings. The van der Waals surface area contributed by atoms with Gasteiger partial charge in [-0.05, 0) is 86.5 Å². The van der Waals surface area contributed by atoms with Crippen molar-refractivity contribution in [2.75, 3.05) is 18.4 Å². The molecule has 2 aromatic heterocycles. The standard InChI is InChI=1S/C30H32N6O2S2/c1-17-19(15-25(37)29-33-16-26(39-29)23-11-5-13-31-23)7-3-8-20(17)21-9-4-10-22(18(21)2)34-27(38)30-36-35-28(40-30)24-12-6-14-32-24/h3-4,7-10,16,23-24,31-32H,5-6,11-15H2,1-2H3,(H,34,38)/t23-,24-/m0/s1. The van der Waals surface area contributed by atoms with Gasteiger partial charge in [-0.25, -0.2) is 4.98 Å². The summed E-state index contributed by atoms with van der Waals surface area (Å²) in [5.74, 6) is -0.217. The number of hydrogen-bond acceptors (Lipinski definition) is 9. The zero-order valence-electron chi connectivity index (χ0n) is 22.6. The summed E-state index contributed by atoms with van der Waals surface area (Å²) < 4.78 is 0. The fourth-order valence-corrected chi connectivity index (χ4v) is 7.33. The molecule has 206 valence electrons. The minimum atomic E-state index is -0.256. The first kappa shape index (κ1) is 26.9. The van der Waals surface area contributed by atoms with E-state index < -0.39 is 0 Å². The van der Waals surface area contributed by atoms with Gasteiger partial charge in [0.15, 0.2) is 10.8 Å². The Morgan fingerprint density at radius 1 is 0.900 bits per heavy atom. The van der Waals surface area contributed by atoms with Crippen LogP contribution in [0.4, 0.5) is 5.69 Å². The lowest BCUT2D eigenvalue weighted by molar-refractivity contribution is 0.0990. The van der Waals surface area contributed by atoms with Crippen molar-refractivity contribution in [3.8, 4) is 11.1 Å². The van der Waals surface area contributed by atoms with E-state index in [4.69, 9.17) is 0 Å². The second-order valence-electron chi connectivity index (χ2n) is 10.4.